The molecule has 0 radical (unpaired) electrons. The Labute approximate surface area is 81.8 Å². The highest BCUT2D eigenvalue weighted by molar-refractivity contribution is 7.76. The second-order valence-corrected chi connectivity index (χ2v) is 3.49. The van der Waals surface area contributed by atoms with Gasteiger partial charge in [-0.05, 0) is 12.1 Å². The van der Waals surface area contributed by atoms with Gasteiger partial charge in [0.15, 0.2) is 0 Å². The van der Waals surface area contributed by atoms with E-state index >= 15 is 0 Å². The summed E-state index contributed by atoms with van der Waals surface area (Å²) in [5.74, 6) is 0. The molecule has 0 aliphatic carbocycles. The molecule has 0 spiro atoms. The lowest BCUT2D eigenvalue weighted by Gasteiger charge is -1.85. The molecular weight excluding hydrogens is 208 g/mol. The van der Waals surface area contributed by atoms with Gasteiger partial charge in [-0.15, -0.1) is 11.3 Å². The number of rotatable bonds is 0. The minimum absolute atomic E-state index is 1.10. The van der Waals surface area contributed by atoms with Crippen LogP contribution in [0.5, 0.6) is 0 Å². The van der Waals surface area contributed by atoms with E-state index in [2.05, 4.69) is 16.2 Å². The van der Waals surface area contributed by atoms with Gasteiger partial charge in [0.05, 0.1) is 15.7 Å². The minimum atomic E-state index is -2.36. The molecule has 1 unspecified atom stereocenters. The van der Waals surface area contributed by atoms with Crippen molar-refractivity contribution in [1.29, 1.82) is 0 Å². The Morgan fingerprint density at radius 3 is 2.69 bits per heavy atom. The van der Waals surface area contributed by atoms with Crippen molar-refractivity contribution in [3.8, 4) is 0 Å². The van der Waals surface area contributed by atoms with E-state index in [4.69, 9.17) is 8.76 Å². The Balaban J connectivity index is 0.000000184. The Hall–Kier alpha value is -0.820. The van der Waals surface area contributed by atoms with Gasteiger partial charge in [-0.2, -0.15) is 0 Å². The predicted molar refractivity (Wildman–Crippen MR) is 52.7 cm³/mol. The summed E-state index contributed by atoms with van der Waals surface area (Å²) in [6.07, 6.45) is 0. The zero-order chi connectivity index (χ0) is 9.68. The smallest absolute Gasteiger partial charge is 0.0812 e. The Morgan fingerprint density at radius 1 is 1.46 bits per heavy atom. The molecule has 1 heterocycles. The second kappa shape index (κ2) is 5.03. The maximum absolute atomic E-state index is 8.78. The number of aromatic nitrogens is 1. The van der Waals surface area contributed by atoms with Gasteiger partial charge in [-0.25, -0.2) is 4.98 Å². The van der Waals surface area contributed by atoms with Crippen molar-refractivity contribution in [2.75, 3.05) is 0 Å². The molecule has 0 saturated carbocycles. The van der Waals surface area contributed by atoms with Crippen LogP contribution >= 0.6 is 11.3 Å². The fraction of sp³-hybridized carbons (Fsp3) is 0. The van der Waals surface area contributed by atoms with Crippen LogP contribution in [0.25, 0.3) is 10.2 Å². The molecule has 0 fully saturated rings. The largest absolute Gasteiger partial charge is 0.760 e. The number of hydrogen-bond donors (Lipinski definition) is 1. The zero-order valence-corrected chi connectivity index (χ0v) is 8.18. The van der Waals surface area contributed by atoms with Crippen LogP contribution in [0.1, 0.15) is 0 Å². The van der Waals surface area contributed by atoms with Gasteiger partial charge in [-0.1, -0.05) is 12.1 Å². The summed E-state index contributed by atoms with van der Waals surface area (Å²) in [5.41, 5.74) is 2.97. The number of thiazole rings is 1. The first-order valence-corrected chi connectivity index (χ1v) is 5.34. The first kappa shape index (κ1) is 10.3. The monoisotopic (exact) mass is 215 g/mol. The highest BCUT2D eigenvalue weighted by Gasteiger charge is 1.89. The fourth-order valence-electron chi connectivity index (χ4n) is 0.803. The second-order valence-electron chi connectivity index (χ2n) is 2.08. The van der Waals surface area contributed by atoms with Gasteiger partial charge in [-0.3, -0.25) is 9.35 Å². The average molecular weight is 215 g/mol. The van der Waals surface area contributed by atoms with E-state index in [1.54, 1.807) is 11.3 Å². The lowest BCUT2D eigenvalue weighted by Crippen LogP contribution is -1.97. The number of fused-ring (bicyclic) bond motifs is 1. The van der Waals surface area contributed by atoms with Gasteiger partial charge < -0.3 is 4.55 Å². The molecule has 0 saturated heterocycles. The first-order valence-electron chi connectivity index (χ1n) is 3.32. The molecule has 0 aliphatic heterocycles. The van der Waals surface area contributed by atoms with Crippen LogP contribution in [0.2, 0.25) is 0 Å². The zero-order valence-electron chi connectivity index (χ0n) is 6.54. The molecule has 2 rings (SSSR count). The molecule has 1 atom stereocenters. The highest BCUT2D eigenvalue weighted by Crippen LogP contribution is 2.15. The third-order valence-electron chi connectivity index (χ3n) is 1.24. The fourth-order valence-corrected chi connectivity index (χ4v) is 1.48. The Bertz CT molecular complexity index is 368. The van der Waals surface area contributed by atoms with Crippen molar-refractivity contribution in [1.82, 2.24) is 4.98 Å². The highest BCUT2D eigenvalue weighted by atomic mass is 32.2. The van der Waals surface area contributed by atoms with E-state index in [1.165, 1.54) is 4.70 Å². The van der Waals surface area contributed by atoms with Crippen molar-refractivity contribution in [3.63, 3.8) is 0 Å². The molecule has 1 aromatic carbocycles. The lowest BCUT2D eigenvalue weighted by molar-refractivity contribution is 0.539. The van der Waals surface area contributed by atoms with Crippen LogP contribution in [0.4, 0.5) is 0 Å². The van der Waals surface area contributed by atoms with E-state index in [-0.39, 0.29) is 0 Å². The van der Waals surface area contributed by atoms with Crippen LogP contribution in [-0.4, -0.2) is 13.7 Å². The molecule has 0 bridgehead atoms. The molecule has 70 valence electrons. The van der Waals surface area contributed by atoms with E-state index in [9.17, 15) is 0 Å². The molecule has 1 aromatic heterocycles. The van der Waals surface area contributed by atoms with Crippen molar-refractivity contribution >= 4 is 32.8 Å². The third kappa shape index (κ3) is 3.60. The van der Waals surface area contributed by atoms with Crippen LogP contribution in [0.3, 0.4) is 0 Å². The number of nitrogens with two attached hydrogens (primary N) is 1. The predicted octanol–water partition coefficient (Wildman–Crippen LogP) is 1.04. The quantitative estimate of drug-likeness (QED) is 0.667. The SMILES string of the molecule is NS(=O)[O-].c1ccc2scnc2c1. The van der Waals surface area contributed by atoms with Gasteiger partial charge in [0, 0.05) is 11.3 Å². The molecule has 6 heteroatoms. The number of nitrogens with zero attached hydrogens (tertiary/aromatic N) is 1. The van der Waals surface area contributed by atoms with E-state index < -0.39 is 11.3 Å². The molecular formula is C7H7N2O2S2-. The maximum Gasteiger partial charge on any atom is 0.0812 e. The van der Waals surface area contributed by atoms with E-state index in [0.717, 1.165) is 5.52 Å². The van der Waals surface area contributed by atoms with E-state index in [1.807, 2.05) is 23.7 Å². The first-order chi connectivity index (χ1) is 6.20. The Morgan fingerprint density at radius 2 is 2.08 bits per heavy atom. The van der Waals surface area contributed by atoms with Crippen molar-refractivity contribution in [3.05, 3.63) is 29.8 Å². The van der Waals surface area contributed by atoms with Crippen molar-refractivity contribution in [2.24, 2.45) is 5.14 Å². The molecule has 0 aliphatic rings. The maximum atomic E-state index is 8.78. The summed E-state index contributed by atoms with van der Waals surface area (Å²) in [6.45, 7) is 0. The summed E-state index contributed by atoms with van der Waals surface area (Å²) in [4.78, 5) is 4.14. The topological polar surface area (TPSA) is 79.0 Å². The summed E-state index contributed by atoms with van der Waals surface area (Å²) in [6, 6.07) is 8.13. The standard InChI is InChI=1S/C7H5NS.H3NO2S/c1-2-4-7-6(3-1)8-5-9-7;1-4(2)3/h1-5H;1H2,(H,2,3)/p-1. The number of benzene rings is 1. The Kier molecular flexibility index (Phi) is 3.97. The molecule has 2 aromatic rings. The van der Waals surface area contributed by atoms with Gasteiger partial charge >= 0.3 is 0 Å². The van der Waals surface area contributed by atoms with Crippen molar-refractivity contribution < 1.29 is 8.76 Å². The van der Waals surface area contributed by atoms with Crippen molar-refractivity contribution in [2.45, 2.75) is 0 Å². The molecule has 4 nitrogen and oxygen atoms in total. The number of hydrogen-bond acceptors (Lipinski definition) is 4. The molecule has 0 amide bonds. The average Bonchev–Trinajstić information content (AvgIpc) is 2.49. The van der Waals surface area contributed by atoms with E-state index in [0.29, 0.717) is 0 Å². The number of para-hydroxylation sites is 1. The van der Waals surface area contributed by atoms with Crippen LogP contribution in [-0.2, 0) is 11.3 Å². The summed E-state index contributed by atoms with van der Waals surface area (Å²) in [5, 5.41) is 4.03. The molecule has 2 N–H and O–H groups in total. The summed E-state index contributed by atoms with van der Waals surface area (Å²) in [7, 11) is 0. The van der Waals surface area contributed by atoms with Crippen LogP contribution in [0, 0.1) is 0 Å². The third-order valence-corrected chi connectivity index (χ3v) is 2.05. The van der Waals surface area contributed by atoms with Gasteiger partial charge in [0.25, 0.3) is 0 Å². The summed E-state index contributed by atoms with van der Waals surface area (Å²) < 4.78 is 18.8. The van der Waals surface area contributed by atoms with Crippen LogP contribution in [0.15, 0.2) is 29.8 Å². The van der Waals surface area contributed by atoms with Gasteiger partial charge in [0.1, 0.15) is 0 Å². The molecule has 13 heavy (non-hydrogen) atoms. The normalized spacial score (nSPS) is 11.8. The van der Waals surface area contributed by atoms with Gasteiger partial charge in [0.2, 0.25) is 0 Å². The summed E-state index contributed by atoms with van der Waals surface area (Å²) >= 11 is -0.685. The lowest BCUT2D eigenvalue weighted by atomic mass is 10.3. The van der Waals surface area contributed by atoms with Crippen LogP contribution < -0.4 is 5.14 Å². The minimum Gasteiger partial charge on any atom is -0.760 e.